The number of rotatable bonds is 2. The van der Waals surface area contributed by atoms with Gasteiger partial charge in [0.15, 0.2) is 0 Å². The van der Waals surface area contributed by atoms with Gasteiger partial charge in [-0.1, -0.05) is 15.9 Å². The van der Waals surface area contributed by atoms with Crippen molar-refractivity contribution < 1.29 is 0 Å². The van der Waals surface area contributed by atoms with Crippen molar-refractivity contribution in [3.63, 3.8) is 0 Å². The molecule has 0 aromatic heterocycles. The zero-order valence-corrected chi connectivity index (χ0v) is 10.4. The van der Waals surface area contributed by atoms with E-state index < -0.39 is 0 Å². The lowest BCUT2D eigenvalue weighted by Crippen LogP contribution is -2.26. The van der Waals surface area contributed by atoms with E-state index in [4.69, 9.17) is 11.6 Å². The van der Waals surface area contributed by atoms with Gasteiger partial charge < -0.3 is 10.7 Å². The summed E-state index contributed by atoms with van der Waals surface area (Å²) in [6, 6.07) is 3.92. The van der Waals surface area contributed by atoms with Crippen molar-refractivity contribution in [2.24, 2.45) is 5.84 Å². The Morgan fingerprint density at radius 2 is 2.08 bits per heavy atom. The third kappa shape index (κ3) is 2.36. The van der Waals surface area contributed by atoms with Crippen LogP contribution >= 0.6 is 31.9 Å². The zero-order valence-electron chi connectivity index (χ0n) is 7.22. The number of hydrogen-bond donors (Lipinski definition) is 2. The van der Waals surface area contributed by atoms with E-state index in [2.05, 4.69) is 31.9 Å². The number of nitrogens with two attached hydrogens (primary N) is 2. The first-order valence-corrected chi connectivity index (χ1v) is 5.60. The molecule has 0 aliphatic carbocycles. The van der Waals surface area contributed by atoms with E-state index in [-0.39, 0.29) is 0 Å². The summed E-state index contributed by atoms with van der Waals surface area (Å²) in [5.74, 6) is 5.62. The smallest absolute Gasteiger partial charge is 0.0758 e. The van der Waals surface area contributed by atoms with Gasteiger partial charge in [0, 0.05) is 16.9 Å². The van der Waals surface area contributed by atoms with Crippen molar-refractivity contribution in [2.45, 2.75) is 5.33 Å². The molecular weight excluding hydrogens is 298 g/mol. The van der Waals surface area contributed by atoms with Crippen LogP contribution in [0.4, 0.5) is 11.4 Å². The van der Waals surface area contributed by atoms with Gasteiger partial charge in [0.25, 0.3) is 0 Å². The van der Waals surface area contributed by atoms with Gasteiger partial charge in [-0.2, -0.15) is 0 Å². The minimum atomic E-state index is 0.662. The number of benzene rings is 1. The maximum atomic E-state index is 5.82. The molecule has 4 N–H and O–H groups in total. The van der Waals surface area contributed by atoms with Crippen molar-refractivity contribution in [3.05, 3.63) is 22.2 Å². The minimum absolute atomic E-state index is 0.662. The van der Waals surface area contributed by atoms with Crippen LogP contribution in [0.15, 0.2) is 16.6 Å². The molecule has 0 saturated carbocycles. The fraction of sp³-hybridized carbons (Fsp3) is 0.250. The van der Waals surface area contributed by atoms with Crippen LogP contribution in [0.2, 0.25) is 0 Å². The fourth-order valence-corrected chi connectivity index (χ4v) is 1.85. The highest BCUT2D eigenvalue weighted by molar-refractivity contribution is 9.10. The fourth-order valence-electron chi connectivity index (χ4n) is 1.03. The second-order valence-corrected chi connectivity index (χ2v) is 4.17. The Morgan fingerprint density at radius 1 is 1.46 bits per heavy atom. The lowest BCUT2D eigenvalue weighted by Gasteiger charge is -2.16. The van der Waals surface area contributed by atoms with E-state index in [0.717, 1.165) is 21.1 Å². The summed E-state index contributed by atoms with van der Waals surface area (Å²) in [6.45, 7) is 0. The average molecular weight is 309 g/mol. The number of hydrazine groups is 1. The van der Waals surface area contributed by atoms with E-state index in [1.165, 1.54) is 5.01 Å². The molecule has 0 spiro atoms. The topological polar surface area (TPSA) is 55.3 Å². The van der Waals surface area contributed by atoms with Crippen LogP contribution in [-0.4, -0.2) is 7.05 Å². The van der Waals surface area contributed by atoms with Gasteiger partial charge in [-0.05, 0) is 33.6 Å². The maximum Gasteiger partial charge on any atom is 0.0758 e. The number of anilines is 2. The normalized spacial score (nSPS) is 10.2. The molecule has 0 radical (unpaired) electrons. The van der Waals surface area contributed by atoms with E-state index in [0.29, 0.717) is 5.69 Å². The van der Waals surface area contributed by atoms with Crippen LogP contribution in [0, 0.1) is 0 Å². The predicted octanol–water partition coefficient (Wildman–Crippen LogP) is 2.24. The molecule has 0 amide bonds. The van der Waals surface area contributed by atoms with Crippen LogP contribution in [0.1, 0.15) is 5.56 Å². The third-order valence-electron chi connectivity index (χ3n) is 1.70. The molecule has 0 atom stereocenters. The van der Waals surface area contributed by atoms with Crippen LogP contribution in [-0.2, 0) is 5.33 Å². The third-order valence-corrected chi connectivity index (χ3v) is 3.01. The van der Waals surface area contributed by atoms with E-state index in [1.807, 2.05) is 12.1 Å². The van der Waals surface area contributed by atoms with Gasteiger partial charge in [0.05, 0.1) is 11.4 Å². The monoisotopic (exact) mass is 307 g/mol. The molecule has 13 heavy (non-hydrogen) atoms. The van der Waals surface area contributed by atoms with Crippen molar-refractivity contribution in [1.29, 1.82) is 0 Å². The van der Waals surface area contributed by atoms with E-state index in [1.54, 1.807) is 7.05 Å². The van der Waals surface area contributed by atoms with E-state index >= 15 is 0 Å². The summed E-state index contributed by atoms with van der Waals surface area (Å²) in [6.07, 6.45) is 0. The molecule has 0 saturated heterocycles. The molecule has 5 heteroatoms. The molecule has 0 fully saturated rings. The van der Waals surface area contributed by atoms with Gasteiger partial charge in [0.2, 0.25) is 0 Å². The van der Waals surface area contributed by atoms with Gasteiger partial charge in [-0.3, -0.25) is 0 Å². The van der Waals surface area contributed by atoms with Crippen molar-refractivity contribution in [2.75, 3.05) is 17.8 Å². The Labute approximate surface area is 94.3 Å². The van der Waals surface area contributed by atoms with Crippen molar-refractivity contribution >= 4 is 43.2 Å². The highest BCUT2D eigenvalue weighted by atomic mass is 79.9. The van der Waals surface area contributed by atoms with Crippen LogP contribution in [0.25, 0.3) is 0 Å². The molecule has 0 aliphatic rings. The first kappa shape index (κ1) is 10.8. The van der Waals surface area contributed by atoms with Crippen LogP contribution in [0.5, 0.6) is 0 Å². The SMILES string of the molecule is CN(N)c1cc(CBr)cc(Br)c1N. The molecule has 0 heterocycles. The number of halogens is 2. The molecular formula is C8H11Br2N3. The Balaban J connectivity index is 3.25. The lowest BCUT2D eigenvalue weighted by atomic mass is 10.2. The molecule has 3 nitrogen and oxygen atoms in total. The quantitative estimate of drug-likeness (QED) is 0.381. The summed E-state index contributed by atoms with van der Waals surface area (Å²) in [5.41, 5.74) is 8.44. The average Bonchev–Trinajstić information content (AvgIpc) is 2.09. The van der Waals surface area contributed by atoms with Gasteiger partial charge in [-0.25, -0.2) is 5.84 Å². The summed E-state index contributed by atoms with van der Waals surface area (Å²) < 4.78 is 0.872. The number of nitrogens with zero attached hydrogens (tertiary/aromatic N) is 1. The molecule has 0 unspecified atom stereocenters. The van der Waals surface area contributed by atoms with Gasteiger partial charge >= 0.3 is 0 Å². The summed E-state index contributed by atoms with van der Waals surface area (Å²) >= 11 is 6.76. The van der Waals surface area contributed by atoms with Crippen molar-refractivity contribution in [1.82, 2.24) is 0 Å². The summed E-state index contributed by atoms with van der Waals surface area (Å²) in [4.78, 5) is 0. The largest absolute Gasteiger partial charge is 0.396 e. The summed E-state index contributed by atoms with van der Waals surface area (Å²) in [7, 11) is 1.76. The van der Waals surface area contributed by atoms with Crippen LogP contribution < -0.4 is 16.6 Å². The Bertz CT molecular complexity index is 313. The molecule has 1 aromatic rings. The van der Waals surface area contributed by atoms with Gasteiger partial charge in [-0.15, -0.1) is 0 Å². The Morgan fingerprint density at radius 3 is 2.54 bits per heavy atom. The Kier molecular flexibility index (Phi) is 3.58. The highest BCUT2D eigenvalue weighted by Gasteiger charge is 2.07. The van der Waals surface area contributed by atoms with Gasteiger partial charge in [0.1, 0.15) is 0 Å². The predicted molar refractivity (Wildman–Crippen MR) is 63.8 cm³/mol. The molecule has 0 aliphatic heterocycles. The number of alkyl halides is 1. The van der Waals surface area contributed by atoms with E-state index in [9.17, 15) is 0 Å². The zero-order chi connectivity index (χ0) is 10.0. The van der Waals surface area contributed by atoms with Crippen LogP contribution in [0.3, 0.4) is 0 Å². The second-order valence-electron chi connectivity index (χ2n) is 2.75. The molecule has 72 valence electrons. The standard InChI is InChI=1S/C8H11Br2N3/c1-13(12)7-3-5(4-9)2-6(10)8(7)11/h2-3H,4,11-12H2,1H3. The molecule has 1 aromatic carbocycles. The lowest BCUT2D eigenvalue weighted by molar-refractivity contribution is 1.02. The van der Waals surface area contributed by atoms with Crippen molar-refractivity contribution in [3.8, 4) is 0 Å². The summed E-state index contributed by atoms with van der Waals surface area (Å²) in [5, 5.41) is 2.29. The minimum Gasteiger partial charge on any atom is -0.396 e. The first-order chi connectivity index (χ1) is 6.06. The number of nitrogen functional groups attached to an aromatic ring is 1. The maximum absolute atomic E-state index is 5.82. The highest BCUT2D eigenvalue weighted by Crippen LogP contribution is 2.31. The Hall–Kier alpha value is -0.260. The second kappa shape index (κ2) is 4.30. The first-order valence-electron chi connectivity index (χ1n) is 3.68. The molecule has 1 rings (SSSR count). The molecule has 0 bridgehead atoms. The number of hydrogen-bond acceptors (Lipinski definition) is 3.